The second-order valence-corrected chi connectivity index (χ2v) is 5.82. The van der Waals surface area contributed by atoms with E-state index in [2.05, 4.69) is 10.3 Å². The summed E-state index contributed by atoms with van der Waals surface area (Å²) in [5, 5.41) is 2.89. The Morgan fingerprint density at radius 1 is 1.40 bits per heavy atom. The molecule has 5 heteroatoms. The monoisotopic (exact) mass is 273 g/mol. The Kier molecular flexibility index (Phi) is 3.20. The quantitative estimate of drug-likeness (QED) is 0.880. The summed E-state index contributed by atoms with van der Waals surface area (Å²) >= 11 is 0. The molecule has 1 aromatic heterocycles. The fraction of sp³-hybridized carbons (Fsp3) is 0.533. The molecule has 2 aliphatic rings. The van der Waals surface area contributed by atoms with E-state index in [-0.39, 0.29) is 18.4 Å². The lowest BCUT2D eigenvalue weighted by Gasteiger charge is -2.40. The van der Waals surface area contributed by atoms with Crippen molar-refractivity contribution in [2.75, 3.05) is 13.1 Å². The van der Waals surface area contributed by atoms with Gasteiger partial charge >= 0.3 is 0 Å². The van der Waals surface area contributed by atoms with E-state index in [1.165, 1.54) is 0 Å². The van der Waals surface area contributed by atoms with Crippen LogP contribution in [0, 0.1) is 5.92 Å². The van der Waals surface area contributed by atoms with Crippen LogP contribution >= 0.6 is 0 Å². The molecule has 2 fully saturated rings. The molecule has 1 unspecified atom stereocenters. The third-order valence-corrected chi connectivity index (χ3v) is 4.22. The Labute approximate surface area is 118 Å². The molecular formula is C15H19N3O2. The summed E-state index contributed by atoms with van der Waals surface area (Å²) in [6.45, 7) is 2.57. The third kappa shape index (κ3) is 2.40. The van der Waals surface area contributed by atoms with Gasteiger partial charge in [0.15, 0.2) is 0 Å². The molecule has 20 heavy (non-hydrogen) atoms. The van der Waals surface area contributed by atoms with Crippen LogP contribution in [0.25, 0.3) is 0 Å². The van der Waals surface area contributed by atoms with E-state index in [0.29, 0.717) is 18.9 Å². The molecule has 1 N–H and O–H groups in total. The number of nitrogens with one attached hydrogen (secondary N) is 1. The molecule has 1 aromatic rings. The molecule has 1 atom stereocenters. The van der Waals surface area contributed by atoms with Crippen LogP contribution in [-0.4, -0.2) is 40.3 Å². The highest BCUT2D eigenvalue weighted by Gasteiger charge is 2.52. The topological polar surface area (TPSA) is 62.3 Å². The predicted octanol–water partition coefficient (Wildman–Crippen LogP) is 0.751. The standard InChI is InChI=1S/C15H19N3O2/c1-15(11-5-6-11)14(20)18(10-13(19)17-15)9-7-12-4-2-3-8-16-12/h2-4,8,11H,5-7,9-10H2,1H3,(H,17,19). The van der Waals surface area contributed by atoms with Gasteiger partial charge < -0.3 is 10.2 Å². The average molecular weight is 273 g/mol. The lowest BCUT2D eigenvalue weighted by molar-refractivity contribution is -0.150. The summed E-state index contributed by atoms with van der Waals surface area (Å²) in [7, 11) is 0. The fourth-order valence-corrected chi connectivity index (χ4v) is 2.87. The maximum absolute atomic E-state index is 12.6. The van der Waals surface area contributed by atoms with Gasteiger partial charge in [0.05, 0.1) is 6.54 Å². The Hall–Kier alpha value is -1.91. The van der Waals surface area contributed by atoms with E-state index in [1.807, 2.05) is 25.1 Å². The van der Waals surface area contributed by atoms with Gasteiger partial charge in [-0.3, -0.25) is 14.6 Å². The van der Waals surface area contributed by atoms with Crippen molar-refractivity contribution < 1.29 is 9.59 Å². The van der Waals surface area contributed by atoms with E-state index >= 15 is 0 Å². The Balaban J connectivity index is 1.69. The number of pyridine rings is 1. The maximum atomic E-state index is 12.6. The molecule has 1 saturated carbocycles. The first kappa shape index (κ1) is 13.1. The fourth-order valence-electron chi connectivity index (χ4n) is 2.87. The van der Waals surface area contributed by atoms with Gasteiger partial charge in [-0.05, 0) is 37.8 Å². The normalized spacial score (nSPS) is 26.6. The molecule has 106 valence electrons. The van der Waals surface area contributed by atoms with E-state index in [4.69, 9.17) is 0 Å². The molecule has 2 amide bonds. The largest absolute Gasteiger partial charge is 0.340 e. The zero-order valence-electron chi connectivity index (χ0n) is 11.6. The molecule has 2 heterocycles. The highest BCUT2D eigenvalue weighted by atomic mass is 16.2. The Morgan fingerprint density at radius 3 is 2.85 bits per heavy atom. The predicted molar refractivity (Wildman–Crippen MR) is 73.8 cm³/mol. The van der Waals surface area contributed by atoms with Crippen LogP contribution < -0.4 is 5.32 Å². The van der Waals surface area contributed by atoms with Gasteiger partial charge in [-0.2, -0.15) is 0 Å². The molecule has 0 spiro atoms. The number of amides is 2. The minimum absolute atomic E-state index is 0.0514. The molecule has 1 saturated heterocycles. The SMILES string of the molecule is CC1(C2CC2)NC(=O)CN(CCc2ccccn2)C1=O. The first-order valence-corrected chi connectivity index (χ1v) is 7.10. The summed E-state index contributed by atoms with van der Waals surface area (Å²) in [6, 6.07) is 5.74. The minimum atomic E-state index is -0.695. The zero-order chi connectivity index (χ0) is 14.2. The zero-order valence-corrected chi connectivity index (χ0v) is 11.6. The van der Waals surface area contributed by atoms with Gasteiger partial charge in [0, 0.05) is 24.9 Å². The first-order chi connectivity index (χ1) is 9.59. The summed E-state index contributed by atoms with van der Waals surface area (Å²) in [4.78, 5) is 30.4. The van der Waals surface area contributed by atoms with Crippen molar-refractivity contribution in [3.05, 3.63) is 30.1 Å². The summed E-state index contributed by atoms with van der Waals surface area (Å²) < 4.78 is 0. The number of nitrogens with zero attached hydrogens (tertiary/aromatic N) is 2. The van der Waals surface area contributed by atoms with Gasteiger partial charge in [0.2, 0.25) is 11.8 Å². The highest BCUT2D eigenvalue weighted by Crippen LogP contribution is 2.41. The number of hydrogen-bond acceptors (Lipinski definition) is 3. The molecule has 3 rings (SSSR count). The van der Waals surface area contributed by atoms with Crippen LogP contribution in [0.4, 0.5) is 0 Å². The van der Waals surface area contributed by atoms with Crippen molar-refractivity contribution in [2.45, 2.75) is 31.7 Å². The molecule has 0 aromatic carbocycles. The third-order valence-electron chi connectivity index (χ3n) is 4.22. The van der Waals surface area contributed by atoms with Crippen LogP contribution in [0.1, 0.15) is 25.5 Å². The molecular weight excluding hydrogens is 254 g/mol. The Bertz CT molecular complexity index is 527. The van der Waals surface area contributed by atoms with Crippen LogP contribution in [0.15, 0.2) is 24.4 Å². The van der Waals surface area contributed by atoms with Crippen molar-refractivity contribution >= 4 is 11.8 Å². The van der Waals surface area contributed by atoms with E-state index in [0.717, 1.165) is 18.5 Å². The van der Waals surface area contributed by atoms with Gasteiger partial charge in [-0.15, -0.1) is 0 Å². The van der Waals surface area contributed by atoms with Crippen LogP contribution in [-0.2, 0) is 16.0 Å². The second kappa shape index (κ2) is 4.89. The molecule has 0 radical (unpaired) electrons. The molecule has 1 aliphatic heterocycles. The highest BCUT2D eigenvalue weighted by molar-refractivity contribution is 5.98. The molecule has 5 nitrogen and oxygen atoms in total. The number of carbonyl (C=O) groups is 2. The Morgan fingerprint density at radius 2 is 2.20 bits per heavy atom. The average Bonchev–Trinajstić information content (AvgIpc) is 3.27. The number of aromatic nitrogens is 1. The van der Waals surface area contributed by atoms with E-state index < -0.39 is 5.54 Å². The number of hydrogen-bond donors (Lipinski definition) is 1. The number of rotatable bonds is 4. The molecule has 0 bridgehead atoms. The summed E-state index contributed by atoms with van der Waals surface area (Å²) in [5.41, 5.74) is 0.249. The smallest absolute Gasteiger partial charge is 0.248 e. The first-order valence-electron chi connectivity index (χ1n) is 7.10. The molecule has 1 aliphatic carbocycles. The van der Waals surface area contributed by atoms with Crippen molar-refractivity contribution in [1.82, 2.24) is 15.2 Å². The van der Waals surface area contributed by atoms with Crippen LogP contribution in [0.5, 0.6) is 0 Å². The van der Waals surface area contributed by atoms with E-state index in [1.54, 1.807) is 11.1 Å². The summed E-state index contributed by atoms with van der Waals surface area (Å²) in [5.74, 6) is 0.298. The minimum Gasteiger partial charge on any atom is -0.340 e. The van der Waals surface area contributed by atoms with Gasteiger partial charge in [0.1, 0.15) is 5.54 Å². The van der Waals surface area contributed by atoms with E-state index in [9.17, 15) is 9.59 Å². The van der Waals surface area contributed by atoms with Crippen molar-refractivity contribution in [2.24, 2.45) is 5.92 Å². The lowest BCUT2D eigenvalue weighted by atomic mass is 9.91. The summed E-state index contributed by atoms with van der Waals surface area (Å²) in [6.07, 6.45) is 4.47. The van der Waals surface area contributed by atoms with Crippen molar-refractivity contribution in [3.63, 3.8) is 0 Å². The number of carbonyl (C=O) groups excluding carboxylic acids is 2. The van der Waals surface area contributed by atoms with Gasteiger partial charge in [-0.25, -0.2) is 0 Å². The maximum Gasteiger partial charge on any atom is 0.248 e. The number of piperazine rings is 1. The van der Waals surface area contributed by atoms with Gasteiger partial charge in [-0.1, -0.05) is 6.07 Å². The van der Waals surface area contributed by atoms with Crippen LogP contribution in [0.2, 0.25) is 0 Å². The van der Waals surface area contributed by atoms with Gasteiger partial charge in [0.25, 0.3) is 0 Å². The van der Waals surface area contributed by atoms with Crippen molar-refractivity contribution in [1.29, 1.82) is 0 Å². The second-order valence-electron chi connectivity index (χ2n) is 5.82. The lowest BCUT2D eigenvalue weighted by Crippen LogP contribution is -2.66. The van der Waals surface area contributed by atoms with Crippen LogP contribution in [0.3, 0.4) is 0 Å². The van der Waals surface area contributed by atoms with Crippen molar-refractivity contribution in [3.8, 4) is 0 Å².